The average molecular weight is 260 g/mol. The second-order valence-electron chi connectivity index (χ2n) is 5.60. The summed E-state index contributed by atoms with van der Waals surface area (Å²) >= 11 is 0. The first kappa shape index (κ1) is 13.7. The quantitative estimate of drug-likeness (QED) is 0.814. The van der Waals surface area contributed by atoms with E-state index < -0.39 is 5.41 Å². The standard InChI is InChI=1S/C15H20N2O2/c1-9-5-11-6-15(3,7-16)8-17-10(2)12(11)13(18)14(9)19-4/h5,10,17-18H,6,8H2,1-4H3. The molecule has 2 N–H and O–H groups in total. The number of hydrogen-bond donors (Lipinski definition) is 2. The largest absolute Gasteiger partial charge is 0.504 e. The van der Waals surface area contributed by atoms with E-state index in [0.717, 1.165) is 16.7 Å². The summed E-state index contributed by atoms with van der Waals surface area (Å²) in [6, 6.07) is 4.39. The lowest BCUT2D eigenvalue weighted by Gasteiger charge is -2.19. The first-order chi connectivity index (χ1) is 8.91. The minimum absolute atomic E-state index is 0.000301. The number of aromatic hydroxyl groups is 1. The number of fused-ring (bicyclic) bond motifs is 1. The Bertz CT molecular complexity index is 548. The molecule has 2 unspecified atom stereocenters. The zero-order valence-electron chi connectivity index (χ0n) is 11.9. The Labute approximate surface area is 114 Å². The maximum Gasteiger partial charge on any atom is 0.163 e. The molecule has 0 spiro atoms. The number of nitrogens with zero attached hydrogens (tertiary/aromatic N) is 1. The summed E-state index contributed by atoms with van der Waals surface area (Å²) in [5, 5.41) is 23.1. The topological polar surface area (TPSA) is 65.3 Å². The maximum atomic E-state index is 10.4. The average Bonchev–Trinajstić information content (AvgIpc) is 2.48. The summed E-state index contributed by atoms with van der Waals surface area (Å²) in [6.45, 7) is 6.46. The molecule has 0 fully saturated rings. The zero-order chi connectivity index (χ0) is 14.2. The number of phenols is 1. The summed E-state index contributed by atoms with van der Waals surface area (Å²) in [7, 11) is 1.56. The Morgan fingerprint density at radius 2 is 2.26 bits per heavy atom. The van der Waals surface area contributed by atoms with Crippen LogP contribution in [-0.2, 0) is 6.42 Å². The molecule has 102 valence electrons. The molecule has 0 bridgehead atoms. The number of nitrogens with one attached hydrogen (secondary N) is 1. The molecule has 1 aromatic rings. The van der Waals surface area contributed by atoms with Gasteiger partial charge in [-0.25, -0.2) is 0 Å². The van der Waals surface area contributed by atoms with Gasteiger partial charge in [0, 0.05) is 18.2 Å². The third kappa shape index (κ3) is 2.26. The van der Waals surface area contributed by atoms with Crippen molar-refractivity contribution in [3.63, 3.8) is 0 Å². The highest BCUT2D eigenvalue weighted by Crippen LogP contribution is 2.42. The van der Waals surface area contributed by atoms with Crippen LogP contribution >= 0.6 is 0 Å². The minimum Gasteiger partial charge on any atom is -0.504 e. The highest BCUT2D eigenvalue weighted by Gasteiger charge is 2.33. The Hall–Kier alpha value is -1.73. The molecule has 0 radical (unpaired) electrons. The molecule has 0 aliphatic carbocycles. The molecule has 19 heavy (non-hydrogen) atoms. The van der Waals surface area contributed by atoms with Crippen LogP contribution in [0.25, 0.3) is 0 Å². The fourth-order valence-corrected chi connectivity index (χ4v) is 2.80. The van der Waals surface area contributed by atoms with Crippen LogP contribution in [0.5, 0.6) is 11.5 Å². The van der Waals surface area contributed by atoms with Crippen molar-refractivity contribution in [3.8, 4) is 17.6 Å². The van der Waals surface area contributed by atoms with Crippen LogP contribution in [0.15, 0.2) is 6.07 Å². The molecule has 0 aromatic heterocycles. The molecule has 4 heteroatoms. The van der Waals surface area contributed by atoms with Crippen molar-refractivity contribution in [2.24, 2.45) is 5.41 Å². The van der Waals surface area contributed by atoms with Gasteiger partial charge in [-0.15, -0.1) is 0 Å². The lowest BCUT2D eigenvalue weighted by molar-refractivity contribution is 0.363. The van der Waals surface area contributed by atoms with Crippen LogP contribution in [0.4, 0.5) is 0 Å². The summed E-state index contributed by atoms with van der Waals surface area (Å²) < 4.78 is 5.27. The van der Waals surface area contributed by atoms with E-state index in [4.69, 9.17) is 4.74 Å². The second-order valence-corrected chi connectivity index (χ2v) is 5.60. The Morgan fingerprint density at radius 1 is 1.58 bits per heavy atom. The monoisotopic (exact) mass is 260 g/mol. The van der Waals surface area contributed by atoms with Gasteiger partial charge in [0.15, 0.2) is 11.5 Å². The van der Waals surface area contributed by atoms with E-state index in [2.05, 4.69) is 11.4 Å². The SMILES string of the molecule is COc1c(C)cc2c(c1O)C(C)NCC(C)(C#N)C2. The van der Waals surface area contributed by atoms with Gasteiger partial charge in [0.2, 0.25) is 0 Å². The van der Waals surface area contributed by atoms with Gasteiger partial charge in [0.1, 0.15) is 0 Å². The molecular weight excluding hydrogens is 240 g/mol. The summed E-state index contributed by atoms with van der Waals surface area (Å²) in [6.07, 6.45) is 0.633. The maximum absolute atomic E-state index is 10.4. The van der Waals surface area contributed by atoms with Crippen LogP contribution in [0.2, 0.25) is 0 Å². The highest BCUT2D eigenvalue weighted by molar-refractivity contribution is 5.56. The van der Waals surface area contributed by atoms with Crippen molar-refractivity contribution in [1.29, 1.82) is 5.26 Å². The smallest absolute Gasteiger partial charge is 0.163 e. The first-order valence-electron chi connectivity index (χ1n) is 6.46. The number of nitriles is 1. The van der Waals surface area contributed by atoms with Gasteiger partial charge in [-0.3, -0.25) is 0 Å². The number of methoxy groups -OCH3 is 1. The molecule has 0 saturated heterocycles. The van der Waals surface area contributed by atoms with Gasteiger partial charge >= 0.3 is 0 Å². The van der Waals surface area contributed by atoms with Crippen molar-refractivity contribution < 1.29 is 9.84 Å². The van der Waals surface area contributed by atoms with Crippen molar-refractivity contribution >= 4 is 0 Å². The molecule has 1 aliphatic heterocycles. The predicted molar refractivity (Wildman–Crippen MR) is 73.2 cm³/mol. The molecule has 2 atom stereocenters. The number of hydrogen-bond acceptors (Lipinski definition) is 4. The summed E-state index contributed by atoms with van der Waals surface area (Å²) in [4.78, 5) is 0. The van der Waals surface area contributed by atoms with Crippen LogP contribution < -0.4 is 10.1 Å². The molecule has 0 amide bonds. The number of rotatable bonds is 1. The second kappa shape index (κ2) is 4.75. The first-order valence-corrected chi connectivity index (χ1v) is 6.46. The van der Waals surface area contributed by atoms with E-state index in [1.807, 2.05) is 26.8 Å². The number of aryl methyl sites for hydroxylation is 1. The normalized spacial score (nSPS) is 26.2. The zero-order valence-corrected chi connectivity index (χ0v) is 11.9. The minimum atomic E-state index is -0.451. The Balaban J connectivity index is 2.63. The van der Waals surface area contributed by atoms with Crippen molar-refractivity contribution in [2.75, 3.05) is 13.7 Å². The molecule has 1 aromatic carbocycles. The third-order valence-corrected chi connectivity index (χ3v) is 3.85. The molecular formula is C15H20N2O2. The van der Waals surface area contributed by atoms with Crippen LogP contribution in [-0.4, -0.2) is 18.8 Å². The van der Waals surface area contributed by atoms with E-state index in [0.29, 0.717) is 18.7 Å². The van der Waals surface area contributed by atoms with E-state index in [9.17, 15) is 10.4 Å². The van der Waals surface area contributed by atoms with Gasteiger partial charge in [-0.2, -0.15) is 5.26 Å². The number of benzene rings is 1. The lowest BCUT2D eigenvalue weighted by Crippen LogP contribution is -2.30. The van der Waals surface area contributed by atoms with Crippen LogP contribution in [0.3, 0.4) is 0 Å². The van der Waals surface area contributed by atoms with Crippen LogP contribution in [0, 0.1) is 23.7 Å². The predicted octanol–water partition coefficient (Wildman–Crippen LogP) is 2.45. The van der Waals surface area contributed by atoms with Gasteiger partial charge < -0.3 is 15.2 Å². The Kier molecular flexibility index (Phi) is 3.42. The number of ether oxygens (including phenoxy) is 1. The van der Waals surface area contributed by atoms with Gasteiger partial charge in [0.25, 0.3) is 0 Å². The van der Waals surface area contributed by atoms with Crippen molar-refractivity contribution in [1.82, 2.24) is 5.32 Å². The van der Waals surface area contributed by atoms with E-state index >= 15 is 0 Å². The van der Waals surface area contributed by atoms with E-state index in [1.165, 1.54) is 0 Å². The third-order valence-electron chi connectivity index (χ3n) is 3.85. The lowest BCUT2D eigenvalue weighted by atomic mass is 9.84. The van der Waals surface area contributed by atoms with E-state index in [1.54, 1.807) is 7.11 Å². The molecule has 0 saturated carbocycles. The fourth-order valence-electron chi connectivity index (χ4n) is 2.80. The van der Waals surface area contributed by atoms with Crippen molar-refractivity contribution in [2.45, 2.75) is 33.2 Å². The molecule has 2 rings (SSSR count). The fraction of sp³-hybridized carbons (Fsp3) is 0.533. The van der Waals surface area contributed by atoms with Crippen LogP contribution in [0.1, 0.15) is 36.6 Å². The Morgan fingerprint density at radius 3 is 2.84 bits per heavy atom. The molecule has 1 heterocycles. The van der Waals surface area contributed by atoms with E-state index in [-0.39, 0.29) is 11.8 Å². The van der Waals surface area contributed by atoms with Gasteiger partial charge in [-0.05, 0) is 38.3 Å². The van der Waals surface area contributed by atoms with Crippen molar-refractivity contribution in [3.05, 3.63) is 22.8 Å². The molecule has 4 nitrogen and oxygen atoms in total. The van der Waals surface area contributed by atoms with Gasteiger partial charge in [-0.1, -0.05) is 6.07 Å². The number of phenolic OH excluding ortho intramolecular Hbond substituents is 1. The van der Waals surface area contributed by atoms with Gasteiger partial charge in [0.05, 0.1) is 18.6 Å². The molecule has 1 aliphatic rings. The summed E-state index contributed by atoms with van der Waals surface area (Å²) in [5.74, 6) is 0.715. The summed E-state index contributed by atoms with van der Waals surface area (Å²) in [5.41, 5.74) is 2.32. The highest BCUT2D eigenvalue weighted by atomic mass is 16.5.